The van der Waals surface area contributed by atoms with E-state index in [1.165, 1.54) is 43.9 Å². The highest BCUT2D eigenvalue weighted by Gasteiger charge is 2.59. The highest BCUT2D eigenvalue weighted by atomic mass is 35.5. The van der Waals surface area contributed by atoms with Gasteiger partial charge in [-0.15, -0.1) is 0 Å². The van der Waals surface area contributed by atoms with Gasteiger partial charge in [0.2, 0.25) is 0 Å². The molecule has 4 saturated carbocycles. The fourth-order valence-electron chi connectivity index (χ4n) is 6.84. The zero-order chi connectivity index (χ0) is 19.4. The summed E-state index contributed by atoms with van der Waals surface area (Å²) in [5.41, 5.74) is 2.44. The number of nitrogens with zero attached hydrogens (tertiary/aromatic N) is 2. The Morgan fingerprint density at radius 3 is 2.46 bits per heavy atom. The van der Waals surface area contributed by atoms with Crippen LogP contribution in [0, 0.1) is 17.3 Å². The number of rotatable bonds is 4. The summed E-state index contributed by atoms with van der Waals surface area (Å²) in [5.74, 6) is 1.48. The van der Waals surface area contributed by atoms with Crippen LogP contribution in [0.1, 0.15) is 61.4 Å². The van der Waals surface area contributed by atoms with Gasteiger partial charge in [0.1, 0.15) is 0 Å². The van der Waals surface area contributed by atoms with E-state index in [1.807, 2.05) is 12.1 Å². The summed E-state index contributed by atoms with van der Waals surface area (Å²) in [7, 11) is 0. The molecule has 4 bridgehead atoms. The van der Waals surface area contributed by atoms with Crippen LogP contribution >= 0.6 is 11.6 Å². The van der Waals surface area contributed by atoms with Gasteiger partial charge in [-0.3, -0.25) is 4.79 Å². The fraction of sp³-hybridized carbons (Fsp3) is 0.522. The Labute approximate surface area is 171 Å². The van der Waals surface area contributed by atoms with Crippen molar-refractivity contribution in [1.29, 1.82) is 0 Å². The molecule has 0 radical (unpaired) electrons. The number of amides is 1. The summed E-state index contributed by atoms with van der Waals surface area (Å²) in [6, 6.07) is 10.4. The summed E-state index contributed by atoms with van der Waals surface area (Å²) in [6.45, 7) is 2.20. The first kappa shape index (κ1) is 18.1. The molecule has 3 atom stereocenters. The third-order valence-corrected chi connectivity index (χ3v) is 7.93. The molecule has 5 heteroatoms. The third kappa shape index (κ3) is 2.93. The Morgan fingerprint density at radius 1 is 1.11 bits per heavy atom. The van der Waals surface area contributed by atoms with Crippen LogP contribution in [0.2, 0.25) is 5.02 Å². The van der Waals surface area contributed by atoms with Crippen molar-refractivity contribution in [3.05, 3.63) is 58.9 Å². The SMILES string of the molecule is CC(NC(=O)c1ccnnc1)C12CC3CC(CC(c4ccc(Cl)cc4)(C3)C1)C2. The Morgan fingerprint density at radius 2 is 1.82 bits per heavy atom. The van der Waals surface area contributed by atoms with Gasteiger partial charge in [0.15, 0.2) is 0 Å². The van der Waals surface area contributed by atoms with E-state index in [4.69, 9.17) is 11.6 Å². The van der Waals surface area contributed by atoms with Crippen molar-refractivity contribution in [2.75, 3.05) is 0 Å². The van der Waals surface area contributed by atoms with Crippen molar-refractivity contribution < 1.29 is 4.79 Å². The minimum absolute atomic E-state index is 0.0429. The molecule has 0 saturated heterocycles. The summed E-state index contributed by atoms with van der Waals surface area (Å²) < 4.78 is 0. The van der Waals surface area contributed by atoms with Crippen molar-refractivity contribution in [3.8, 4) is 0 Å². The summed E-state index contributed by atoms with van der Waals surface area (Å²) >= 11 is 6.16. The number of hydrogen-bond donors (Lipinski definition) is 1. The standard InChI is InChI=1S/C23H26ClN3O/c1-15(27-21(28)18-6-7-25-26-13-18)22-9-16-8-17(10-22)12-23(11-16,14-22)19-2-4-20(24)5-3-19/h2-7,13,15-17H,8-12,14H2,1H3,(H,27,28). The second-order valence-corrected chi connectivity index (χ2v) is 9.87. The maximum absolute atomic E-state index is 12.7. The van der Waals surface area contributed by atoms with Gasteiger partial charge >= 0.3 is 0 Å². The molecule has 0 aliphatic heterocycles. The predicted octanol–water partition coefficient (Wildman–Crippen LogP) is 4.79. The molecule has 1 amide bonds. The van der Waals surface area contributed by atoms with Gasteiger partial charge in [0.25, 0.3) is 5.91 Å². The average molecular weight is 396 g/mol. The van der Waals surface area contributed by atoms with Crippen LogP contribution in [-0.2, 0) is 5.41 Å². The zero-order valence-corrected chi connectivity index (χ0v) is 17.0. The molecule has 28 heavy (non-hydrogen) atoms. The van der Waals surface area contributed by atoms with Crippen LogP contribution in [0.25, 0.3) is 0 Å². The number of halogens is 1. The topological polar surface area (TPSA) is 54.9 Å². The Balaban J connectivity index is 1.43. The lowest BCUT2D eigenvalue weighted by atomic mass is 9.41. The normalized spacial score (nSPS) is 34.2. The molecule has 1 heterocycles. The summed E-state index contributed by atoms with van der Waals surface area (Å²) in [6.07, 6.45) is 10.6. The van der Waals surface area contributed by atoms with Crippen LogP contribution in [0.4, 0.5) is 0 Å². The van der Waals surface area contributed by atoms with Gasteiger partial charge in [-0.25, -0.2) is 0 Å². The molecule has 4 aliphatic rings. The first-order chi connectivity index (χ1) is 13.5. The second kappa shape index (κ2) is 6.55. The van der Waals surface area contributed by atoms with E-state index in [9.17, 15) is 4.79 Å². The van der Waals surface area contributed by atoms with Crippen LogP contribution in [0.15, 0.2) is 42.7 Å². The maximum Gasteiger partial charge on any atom is 0.253 e. The first-order valence-corrected chi connectivity index (χ1v) is 10.7. The highest BCUT2D eigenvalue weighted by Crippen LogP contribution is 2.66. The molecular formula is C23H26ClN3O. The van der Waals surface area contributed by atoms with Crippen LogP contribution in [0.3, 0.4) is 0 Å². The molecule has 6 rings (SSSR count). The lowest BCUT2D eigenvalue weighted by Crippen LogP contribution is -2.60. The van der Waals surface area contributed by atoms with E-state index in [-0.39, 0.29) is 22.8 Å². The van der Waals surface area contributed by atoms with E-state index in [0.717, 1.165) is 23.3 Å². The maximum atomic E-state index is 12.7. The molecule has 1 aromatic heterocycles. The highest BCUT2D eigenvalue weighted by molar-refractivity contribution is 6.30. The van der Waals surface area contributed by atoms with Gasteiger partial charge < -0.3 is 5.32 Å². The first-order valence-electron chi connectivity index (χ1n) is 10.3. The minimum atomic E-state index is -0.0429. The van der Waals surface area contributed by atoms with Crippen molar-refractivity contribution in [2.45, 2.75) is 56.9 Å². The van der Waals surface area contributed by atoms with Gasteiger partial charge in [0.05, 0.1) is 18.0 Å². The number of hydrogen-bond acceptors (Lipinski definition) is 3. The van der Waals surface area contributed by atoms with E-state index in [0.29, 0.717) is 5.56 Å². The van der Waals surface area contributed by atoms with E-state index in [1.54, 1.807) is 12.3 Å². The van der Waals surface area contributed by atoms with Crippen molar-refractivity contribution in [1.82, 2.24) is 15.5 Å². The number of nitrogens with one attached hydrogen (secondary N) is 1. The zero-order valence-electron chi connectivity index (χ0n) is 16.2. The van der Waals surface area contributed by atoms with E-state index < -0.39 is 0 Å². The smallest absolute Gasteiger partial charge is 0.253 e. The Kier molecular flexibility index (Phi) is 4.24. The largest absolute Gasteiger partial charge is 0.349 e. The molecule has 0 spiro atoms. The van der Waals surface area contributed by atoms with Crippen molar-refractivity contribution in [3.63, 3.8) is 0 Å². The van der Waals surface area contributed by atoms with Gasteiger partial charge in [0, 0.05) is 11.1 Å². The van der Waals surface area contributed by atoms with Gasteiger partial charge in [-0.2, -0.15) is 10.2 Å². The number of carbonyl (C=O) groups excluding carboxylic acids is 1. The van der Waals surface area contributed by atoms with Crippen molar-refractivity contribution >= 4 is 17.5 Å². The lowest BCUT2D eigenvalue weighted by molar-refractivity contribution is -0.0865. The minimum Gasteiger partial charge on any atom is -0.349 e. The molecule has 4 nitrogen and oxygen atoms in total. The monoisotopic (exact) mass is 395 g/mol. The molecule has 4 fully saturated rings. The van der Waals surface area contributed by atoms with Gasteiger partial charge in [-0.05, 0) is 91.9 Å². The van der Waals surface area contributed by atoms with Crippen LogP contribution < -0.4 is 5.32 Å². The van der Waals surface area contributed by atoms with E-state index in [2.05, 4.69) is 34.6 Å². The number of carbonyl (C=O) groups is 1. The van der Waals surface area contributed by atoms with E-state index >= 15 is 0 Å². The van der Waals surface area contributed by atoms with Crippen LogP contribution in [-0.4, -0.2) is 22.1 Å². The predicted molar refractivity (Wildman–Crippen MR) is 109 cm³/mol. The molecule has 4 aliphatic carbocycles. The quantitative estimate of drug-likeness (QED) is 0.809. The molecule has 1 aromatic carbocycles. The van der Waals surface area contributed by atoms with Crippen LogP contribution in [0.5, 0.6) is 0 Å². The molecule has 3 unspecified atom stereocenters. The molecular weight excluding hydrogens is 370 g/mol. The number of benzene rings is 1. The Bertz CT molecular complexity index is 868. The third-order valence-electron chi connectivity index (χ3n) is 7.68. The fourth-order valence-corrected chi connectivity index (χ4v) is 6.97. The summed E-state index contributed by atoms with van der Waals surface area (Å²) in [5, 5.41) is 11.7. The molecule has 146 valence electrons. The summed E-state index contributed by atoms with van der Waals surface area (Å²) in [4.78, 5) is 12.7. The average Bonchev–Trinajstić information content (AvgIpc) is 2.68. The molecule has 2 aromatic rings. The Hall–Kier alpha value is -1.94. The molecule has 1 N–H and O–H groups in total. The number of aromatic nitrogens is 2. The van der Waals surface area contributed by atoms with Gasteiger partial charge in [-0.1, -0.05) is 23.7 Å². The van der Waals surface area contributed by atoms with Crippen molar-refractivity contribution in [2.24, 2.45) is 17.3 Å². The lowest BCUT2D eigenvalue weighted by Gasteiger charge is -2.64. The second-order valence-electron chi connectivity index (χ2n) is 9.44.